The molecule has 0 radical (unpaired) electrons. The van der Waals surface area contributed by atoms with Crippen LogP contribution in [0.4, 0.5) is 0 Å². The van der Waals surface area contributed by atoms with Gasteiger partial charge in [0.1, 0.15) is 5.75 Å². The van der Waals surface area contributed by atoms with Gasteiger partial charge in [-0.15, -0.1) is 0 Å². The lowest BCUT2D eigenvalue weighted by Crippen LogP contribution is -2.09. The van der Waals surface area contributed by atoms with Crippen LogP contribution in [0.25, 0.3) is 0 Å². The first-order chi connectivity index (χ1) is 7.90. The molecule has 1 aromatic carbocycles. The largest absolute Gasteiger partial charge is 0.423 e. The van der Waals surface area contributed by atoms with E-state index in [1.54, 1.807) is 19.1 Å². The molecular weight excluding hydrogens is 236 g/mol. The molecule has 0 bridgehead atoms. The highest BCUT2D eigenvalue weighted by molar-refractivity contribution is 8.13. The van der Waals surface area contributed by atoms with E-state index in [1.165, 1.54) is 6.92 Å². The van der Waals surface area contributed by atoms with Crippen LogP contribution in [0.3, 0.4) is 0 Å². The normalized spacial score (nSPS) is 9.82. The van der Waals surface area contributed by atoms with Crippen LogP contribution in [0.15, 0.2) is 35.2 Å². The van der Waals surface area contributed by atoms with Crippen LogP contribution in [0.2, 0.25) is 0 Å². The summed E-state index contributed by atoms with van der Waals surface area (Å²) in [4.78, 5) is 23.1. The number of rotatable bonds is 3. The third-order valence-corrected chi connectivity index (χ3v) is 2.74. The summed E-state index contributed by atoms with van der Waals surface area (Å²) in [7, 11) is 0. The number of hydrogen-bond acceptors (Lipinski definition) is 4. The van der Waals surface area contributed by atoms with Crippen LogP contribution < -0.4 is 4.74 Å². The first-order valence-electron chi connectivity index (χ1n) is 5.07. The molecule has 0 N–H and O–H groups in total. The van der Waals surface area contributed by atoms with Crippen molar-refractivity contribution in [3.05, 3.63) is 35.9 Å². The molecule has 0 fully saturated rings. The molecule has 0 aromatic heterocycles. The summed E-state index contributed by atoms with van der Waals surface area (Å²) in [5, 5.41) is 0.0241. The van der Waals surface area contributed by atoms with Crippen molar-refractivity contribution in [2.45, 2.75) is 25.7 Å². The van der Waals surface area contributed by atoms with Gasteiger partial charge in [0.25, 0.3) is 0 Å². The predicted molar refractivity (Wildman–Crippen MR) is 68.2 cm³/mol. The van der Waals surface area contributed by atoms with Crippen LogP contribution in [-0.4, -0.2) is 11.1 Å². The van der Waals surface area contributed by atoms with E-state index in [1.807, 2.05) is 13.0 Å². The van der Waals surface area contributed by atoms with Crippen LogP contribution in [-0.2, 0) is 9.59 Å². The number of hydrogen-bond donors (Lipinski definition) is 0. The van der Waals surface area contributed by atoms with E-state index in [0.717, 1.165) is 22.2 Å². The fourth-order valence-electron chi connectivity index (χ4n) is 1.15. The Morgan fingerprint density at radius 1 is 1.29 bits per heavy atom. The van der Waals surface area contributed by atoms with Gasteiger partial charge in [-0.2, -0.15) is 0 Å². The van der Waals surface area contributed by atoms with Crippen molar-refractivity contribution in [2.24, 2.45) is 0 Å². The molecule has 0 spiro atoms. The Morgan fingerprint density at radius 3 is 2.41 bits per heavy atom. The number of carbonyl (C=O) groups excluding carboxylic acids is 2. The van der Waals surface area contributed by atoms with E-state index in [4.69, 9.17) is 4.74 Å². The first-order valence-corrected chi connectivity index (χ1v) is 5.88. The van der Waals surface area contributed by atoms with Gasteiger partial charge in [0.05, 0.1) is 0 Å². The molecule has 1 aromatic rings. The number of esters is 1. The Morgan fingerprint density at radius 2 is 1.94 bits per heavy atom. The molecule has 3 nitrogen and oxygen atoms in total. The zero-order valence-electron chi connectivity index (χ0n) is 10.1. The van der Waals surface area contributed by atoms with E-state index >= 15 is 0 Å². The minimum atomic E-state index is -0.444. The van der Waals surface area contributed by atoms with Crippen molar-refractivity contribution in [2.75, 3.05) is 0 Å². The summed E-state index contributed by atoms with van der Waals surface area (Å²) >= 11 is 1.15. The number of aryl methyl sites for hydroxylation is 1. The van der Waals surface area contributed by atoms with Gasteiger partial charge in [0.2, 0.25) is 0 Å². The SMILES string of the molecule is C=C(C)C(=O)Oc1ccc(SC(C)=O)cc1C. The molecule has 0 atom stereocenters. The molecule has 0 saturated heterocycles. The van der Waals surface area contributed by atoms with Crippen molar-refractivity contribution in [3.63, 3.8) is 0 Å². The second-order valence-corrected chi connectivity index (χ2v) is 4.94. The number of thioether (sulfide) groups is 1. The summed E-state index contributed by atoms with van der Waals surface area (Å²) in [6.45, 7) is 8.44. The van der Waals surface area contributed by atoms with E-state index in [2.05, 4.69) is 6.58 Å². The van der Waals surface area contributed by atoms with Crippen molar-refractivity contribution in [1.82, 2.24) is 0 Å². The molecule has 0 heterocycles. The molecule has 4 heteroatoms. The molecule has 0 unspecified atom stereocenters. The van der Waals surface area contributed by atoms with Gasteiger partial charge in [-0.25, -0.2) is 4.79 Å². The van der Waals surface area contributed by atoms with Gasteiger partial charge in [-0.1, -0.05) is 18.3 Å². The minimum absolute atomic E-state index is 0.0241. The molecular formula is C13H14O3S. The molecule has 0 amide bonds. The second-order valence-electron chi connectivity index (χ2n) is 3.69. The average molecular weight is 250 g/mol. The molecule has 1 rings (SSSR count). The Kier molecular flexibility index (Phi) is 4.52. The summed E-state index contributed by atoms with van der Waals surface area (Å²) in [5.74, 6) is 0.0472. The highest BCUT2D eigenvalue weighted by Gasteiger charge is 2.09. The molecule has 0 aliphatic heterocycles. The predicted octanol–water partition coefficient (Wildman–Crippen LogP) is 3.12. The van der Waals surface area contributed by atoms with Gasteiger partial charge in [0, 0.05) is 17.4 Å². The maximum absolute atomic E-state index is 11.3. The smallest absolute Gasteiger partial charge is 0.338 e. The molecule has 0 aliphatic carbocycles. The number of carbonyl (C=O) groups is 2. The van der Waals surface area contributed by atoms with E-state index in [0.29, 0.717) is 11.3 Å². The second kappa shape index (κ2) is 5.68. The topological polar surface area (TPSA) is 43.4 Å². The van der Waals surface area contributed by atoms with Gasteiger partial charge >= 0.3 is 5.97 Å². The average Bonchev–Trinajstić information content (AvgIpc) is 2.20. The van der Waals surface area contributed by atoms with Crippen molar-refractivity contribution in [1.29, 1.82) is 0 Å². The lowest BCUT2D eigenvalue weighted by atomic mass is 10.2. The molecule has 0 aliphatic rings. The van der Waals surface area contributed by atoms with Crippen LogP contribution in [0.5, 0.6) is 5.75 Å². The molecule has 0 saturated carbocycles. The van der Waals surface area contributed by atoms with E-state index < -0.39 is 5.97 Å². The van der Waals surface area contributed by atoms with Crippen LogP contribution in [0, 0.1) is 6.92 Å². The van der Waals surface area contributed by atoms with Gasteiger partial charge in [0.15, 0.2) is 5.12 Å². The van der Waals surface area contributed by atoms with Crippen LogP contribution in [0.1, 0.15) is 19.4 Å². The van der Waals surface area contributed by atoms with Gasteiger partial charge in [-0.05, 0) is 37.6 Å². The fourth-order valence-corrected chi connectivity index (χ4v) is 1.86. The summed E-state index contributed by atoms with van der Waals surface area (Å²) in [6.07, 6.45) is 0. The van der Waals surface area contributed by atoms with E-state index in [9.17, 15) is 9.59 Å². The zero-order valence-corrected chi connectivity index (χ0v) is 10.9. The third kappa shape index (κ3) is 4.07. The zero-order chi connectivity index (χ0) is 13.0. The van der Waals surface area contributed by atoms with Crippen molar-refractivity contribution in [3.8, 4) is 5.75 Å². The van der Waals surface area contributed by atoms with Gasteiger partial charge < -0.3 is 4.74 Å². The summed E-state index contributed by atoms with van der Waals surface area (Å²) < 4.78 is 5.13. The highest BCUT2D eigenvalue weighted by atomic mass is 32.2. The summed E-state index contributed by atoms with van der Waals surface area (Å²) in [6, 6.07) is 5.24. The lowest BCUT2D eigenvalue weighted by Gasteiger charge is -2.08. The van der Waals surface area contributed by atoms with E-state index in [-0.39, 0.29) is 5.12 Å². The Bertz CT molecular complexity index is 478. The number of ether oxygens (including phenoxy) is 1. The Balaban J connectivity index is 2.86. The lowest BCUT2D eigenvalue weighted by molar-refractivity contribution is -0.130. The van der Waals surface area contributed by atoms with Gasteiger partial charge in [-0.3, -0.25) is 4.79 Å². The Hall–Kier alpha value is -1.55. The Labute approximate surface area is 105 Å². The van der Waals surface area contributed by atoms with Crippen molar-refractivity contribution < 1.29 is 14.3 Å². The highest BCUT2D eigenvalue weighted by Crippen LogP contribution is 2.26. The fraction of sp³-hybridized carbons (Fsp3) is 0.231. The van der Waals surface area contributed by atoms with Crippen LogP contribution >= 0.6 is 11.8 Å². The number of benzene rings is 1. The monoisotopic (exact) mass is 250 g/mol. The molecule has 90 valence electrons. The maximum Gasteiger partial charge on any atom is 0.338 e. The first kappa shape index (κ1) is 13.5. The van der Waals surface area contributed by atoms with Crippen molar-refractivity contribution >= 4 is 22.8 Å². The maximum atomic E-state index is 11.3. The third-order valence-electron chi connectivity index (χ3n) is 1.96. The standard InChI is InChI=1S/C13H14O3S/c1-8(2)13(15)16-12-6-5-11(7-9(12)3)17-10(4)14/h5-7H,1H2,2-4H3. The minimum Gasteiger partial charge on any atom is -0.423 e. The molecule has 17 heavy (non-hydrogen) atoms. The quantitative estimate of drug-likeness (QED) is 0.358. The summed E-state index contributed by atoms with van der Waals surface area (Å²) in [5.41, 5.74) is 1.16.